The minimum Gasteiger partial charge on any atom is -0.395 e. The number of benzene rings is 1. The van der Waals surface area contributed by atoms with E-state index in [0.717, 1.165) is 12.0 Å². The average molecular weight is 515 g/mol. The number of hydrogen-bond donors (Lipinski definition) is 4. The van der Waals surface area contributed by atoms with Gasteiger partial charge in [-0.3, -0.25) is 4.79 Å². The molecular weight excluding hydrogens is 483 g/mol. The molecule has 3 aromatic rings. The fourth-order valence-corrected chi connectivity index (χ4v) is 3.81. The summed E-state index contributed by atoms with van der Waals surface area (Å²) in [6.07, 6.45) is 2.19. The first kappa shape index (κ1) is 26.6. The molecule has 0 aliphatic carbocycles. The van der Waals surface area contributed by atoms with E-state index in [-0.39, 0.29) is 38.1 Å². The topological polar surface area (TPSA) is 144 Å². The number of halogens is 1. The van der Waals surface area contributed by atoms with Crippen molar-refractivity contribution in [3.05, 3.63) is 48.2 Å². The highest BCUT2D eigenvalue weighted by Gasteiger charge is 2.28. The quantitative estimate of drug-likeness (QED) is 0.266. The van der Waals surface area contributed by atoms with E-state index in [2.05, 4.69) is 25.6 Å². The molecule has 198 valence electrons. The Morgan fingerprint density at radius 2 is 1.97 bits per heavy atom. The van der Waals surface area contributed by atoms with E-state index in [9.17, 15) is 9.18 Å². The zero-order chi connectivity index (χ0) is 26.0. The van der Waals surface area contributed by atoms with Crippen LogP contribution in [-0.2, 0) is 25.4 Å². The van der Waals surface area contributed by atoms with Crippen molar-refractivity contribution in [1.82, 2.24) is 25.3 Å². The number of anilines is 1. The SMILES string of the molecule is COCCCNc1nccc(-c2[nH]c(CC3OCC(C(=O)NCCO)CO3)nc2-c2ccc(F)cc2)n1. The van der Waals surface area contributed by atoms with Crippen LogP contribution < -0.4 is 10.6 Å². The van der Waals surface area contributed by atoms with Gasteiger partial charge in [-0.15, -0.1) is 0 Å². The molecule has 4 rings (SSSR count). The van der Waals surface area contributed by atoms with E-state index in [1.54, 1.807) is 31.5 Å². The summed E-state index contributed by atoms with van der Waals surface area (Å²) in [7, 11) is 1.65. The molecule has 0 radical (unpaired) electrons. The van der Waals surface area contributed by atoms with E-state index in [1.165, 1.54) is 12.1 Å². The van der Waals surface area contributed by atoms with E-state index in [0.29, 0.717) is 48.4 Å². The minimum atomic E-state index is -0.592. The predicted octanol–water partition coefficient (Wildman–Crippen LogP) is 1.76. The minimum absolute atomic E-state index is 0.127. The largest absolute Gasteiger partial charge is 0.395 e. The number of aliphatic hydroxyl groups is 1. The first-order valence-electron chi connectivity index (χ1n) is 12.1. The highest BCUT2D eigenvalue weighted by Crippen LogP contribution is 2.30. The number of methoxy groups -OCH3 is 1. The molecule has 1 amide bonds. The monoisotopic (exact) mass is 514 g/mol. The Hall–Kier alpha value is -3.45. The summed E-state index contributed by atoms with van der Waals surface area (Å²) in [6, 6.07) is 7.85. The standard InChI is InChI=1S/C25H31FN6O5/c1-35-12-2-8-28-25-29-9-7-19(30-25)23-22(16-3-5-18(26)6-4-16)31-20(32-23)13-21-36-14-17(15-37-21)24(34)27-10-11-33/h3-7,9,17,21,33H,2,8,10-15H2,1H3,(H,27,34)(H,31,32)(H,28,29,30). The van der Waals surface area contributed by atoms with E-state index in [1.807, 2.05) is 0 Å². The maximum Gasteiger partial charge on any atom is 0.227 e. The van der Waals surface area contributed by atoms with Crippen molar-refractivity contribution < 1.29 is 28.5 Å². The maximum atomic E-state index is 13.6. The lowest BCUT2D eigenvalue weighted by Gasteiger charge is -2.28. The Morgan fingerprint density at radius 3 is 2.70 bits per heavy atom. The van der Waals surface area contributed by atoms with E-state index < -0.39 is 12.2 Å². The summed E-state index contributed by atoms with van der Waals surface area (Å²) >= 11 is 0. The summed E-state index contributed by atoms with van der Waals surface area (Å²) in [6.45, 7) is 1.75. The molecule has 4 N–H and O–H groups in total. The smallest absolute Gasteiger partial charge is 0.227 e. The second-order valence-corrected chi connectivity index (χ2v) is 8.46. The third-order valence-electron chi connectivity index (χ3n) is 5.70. The number of amides is 1. The Morgan fingerprint density at radius 1 is 1.19 bits per heavy atom. The summed E-state index contributed by atoms with van der Waals surface area (Å²) in [5.41, 5.74) is 2.60. The number of aromatic amines is 1. The normalized spacial score (nSPS) is 17.5. The molecule has 0 unspecified atom stereocenters. The van der Waals surface area contributed by atoms with Gasteiger partial charge in [-0.25, -0.2) is 19.3 Å². The van der Waals surface area contributed by atoms with Crippen LogP contribution in [0.1, 0.15) is 12.2 Å². The van der Waals surface area contributed by atoms with Gasteiger partial charge in [-0.1, -0.05) is 0 Å². The number of carbonyl (C=O) groups is 1. The molecule has 1 saturated heterocycles. The summed E-state index contributed by atoms with van der Waals surface area (Å²) in [5.74, 6) is 0.0598. The number of aromatic nitrogens is 4. The third kappa shape index (κ3) is 7.29. The van der Waals surface area contributed by atoms with E-state index in [4.69, 9.17) is 24.3 Å². The number of rotatable bonds is 12. The van der Waals surface area contributed by atoms with Crippen molar-refractivity contribution in [2.75, 3.05) is 51.9 Å². The van der Waals surface area contributed by atoms with Crippen LogP contribution in [0.15, 0.2) is 36.5 Å². The molecule has 1 aliphatic heterocycles. The third-order valence-corrected chi connectivity index (χ3v) is 5.70. The van der Waals surface area contributed by atoms with Crippen molar-refractivity contribution in [2.24, 2.45) is 5.92 Å². The first-order valence-corrected chi connectivity index (χ1v) is 12.1. The predicted molar refractivity (Wildman–Crippen MR) is 133 cm³/mol. The van der Waals surface area contributed by atoms with Crippen LogP contribution in [0.25, 0.3) is 22.6 Å². The number of nitrogens with zero attached hydrogens (tertiary/aromatic N) is 3. The second-order valence-electron chi connectivity index (χ2n) is 8.46. The molecule has 0 atom stereocenters. The van der Waals surface area contributed by atoms with Crippen molar-refractivity contribution in [3.8, 4) is 22.6 Å². The highest BCUT2D eigenvalue weighted by molar-refractivity contribution is 5.79. The van der Waals surface area contributed by atoms with Crippen molar-refractivity contribution >= 4 is 11.9 Å². The van der Waals surface area contributed by atoms with Gasteiger partial charge in [0.25, 0.3) is 0 Å². The van der Waals surface area contributed by atoms with Gasteiger partial charge < -0.3 is 34.9 Å². The molecule has 12 heteroatoms. The van der Waals surface area contributed by atoms with Crippen molar-refractivity contribution in [1.29, 1.82) is 0 Å². The Labute approximate surface area is 213 Å². The first-order chi connectivity index (χ1) is 18.1. The maximum absolute atomic E-state index is 13.6. The Bertz CT molecular complexity index is 1150. The molecule has 1 aromatic carbocycles. The number of ether oxygens (including phenoxy) is 3. The average Bonchev–Trinajstić information content (AvgIpc) is 3.34. The van der Waals surface area contributed by atoms with Crippen LogP contribution in [0.2, 0.25) is 0 Å². The lowest BCUT2D eigenvalue weighted by molar-refractivity contribution is -0.200. The molecule has 2 aromatic heterocycles. The Kier molecular flexibility index (Phi) is 9.49. The van der Waals surface area contributed by atoms with Crippen molar-refractivity contribution in [2.45, 2.75) is 19.1 Å². The lowest BCUT2D eigenvalue weighted by atomic mass is 10.1. The number of H-pyrrole nitrogens is 1. The van der Waals surface area contributed by atoms with Gasteiger partial charge in [-0.2, -0.15) is 0 Å². The molecule has 0 bridgehead atoms. The molecule has 1 fully saturated rings. The van der Waals surface area contributed by atoms with Crippen LogP contribution in [0, 0.1) is 11.7 Å². The second kappa shape index (κ2) is 13.2. The molecule has 3 heterocycles. The summed E-state index contributed by atoms with van der Waals surface area (Å²) < 4.78 is 30.2. The van der Waals surface area contributed by atoms with Gasteiger partial charge >= 0.3 is 0 Å². The molecule has 11 nitrogen and oxygen atoms in total. The van der Waals surface area contributed by atoms with Gasteiger partial charge in [0.05, 0.1) is 49.2 Å². The number of hydrogen-bond acceptors (Lipinski definition) is 9. The lowest BCUT2D eigenvalue weighted by Crippen LogP contribution is -2.43. The fraction of sp³-hybridized carbons (Fsp3) is 0.440. The van der Waals surface area contributed by atoms with Gasteiger partial charge in [0.15, 0.2) is 6.29 Å². The van der Waals surface area contributed by atoms with Crippen LogP contribution in [0.5, 0.6) is 0 Å². The number of imidazole rings is 1. The number of aliphatic hydroxyl groups excluding tert-OH is 1. The van der Waals surface area contributed by atoms with Crippen LogP contribution in [0.4, 0.5) is 10.3 Å². The van der Waals surface area contributed by atoms with Gasteiger partial charge in [0, 0.05) is 38.6 Å². The highest BCUT2D eigenvalue weighted by atomic mass is 19.1. The van der Waals surface area contributed by atoms with Crippen LogP contribution in [-0.4, -0.2) is 83.9 Å². The molecule has 37 heavy (non-hydrogen) atoms. The van der Waals surface area contributed by atoms with Gasteiger partial charge in [0.2, 0.25) is 11.9 Å². The van der Waals surface area contributed by atoms with Crippen LogP contribution in [0.3, 0.4) is 0 Å². The van der Waals surface area contributed by atoms with Gasteiger partial charge in [-0.05, 0) is 36.8 Å². The summed E-state index contributed by atoms with van der Waals surface area (Å²) in [4.78, 5) is 29.1. The Balaban J connectivity index is 1.51. The molecule has 1 aliphatic rings. The molecule has 0 spiro atoms. The number of nitrogens with one attached hydrogen (secondary N) is 3. The van der Waals surface area contributed by atoms with Gasteiger partial charge in [0.1, 0.15) is 11.6 Å². The summed E-state index contributed by atoms with van der Waals surface area (Å²) in [5, 5.41) is 14.7. The van der Waals surface area contributed by atoms with Crippen molar-refractivity contribution in [3.63, 3.8) is 0 Å². The zero-order valence-electron chi connectivity index (χ0n) is 20.6. The number of carbonyl (C=O) groups excluding carboxylic acids is 1. The van der Waals surface area contributed by atoms with Crippen LogP contribution >= 0.6 is 0 Å². The zero-order valence-corrected chi connectivity index (χ0v) is 20.6. The fourth-order valence-electron chi connectivity index (χ4n) is 3.81. The van der Waals surface area contributed by atoms with E-state index >= 15 is 0 Å². The molecule has 0 saturated carbocycles. The molecular formula is C25H31FN6O5.